The Balaban J connectivity index is 2.19. The number of anilines is 1. The molecular weight excluding hydrogens is 385 g/mol. The van der Waals surface area contributed by atoms with E-state index in [1.165, 1.54) is 19.2 Å². The molecule has 0 aromatic heterocycles. The van der Waals surface area contributed by atoms with Crippen LogP contribution in [0.5, 0.6) is 11.5 Å². The van der Waals surface area contributed by atoms with Gasteiger partial charge in [0.1, 0.15) is 11.5 Å². The van der Waals surface area contributed by atoms with Crippen LogP contribution in [0.1, 0.15) is 25.8 Å². The number of halogens is 1. The van der Waals surface area contributed by atoms with Gasteiger partial charge in [0.15, 0.2) is 11.6 Å². The molecule has 1 aliphatic heterocycles. The average Bonchev–Trinajstić information content (AvgIpc) is 2.66. The second-order valence-corrected chi connectivity index (χ2v) is 8.60. The van der Waals surface area contributed by atoms with Gasteiger partial charge in [-0.15, -0.1) is 0 Å². The summed E-state index contributed by atoms with van der Waals surface area (Å²) in [7, 11) is -2.89. The SMILES string of the molecule is CCC(=O)C1Cc2ccc(O)cc2N(S(=O)(=O)c2ccc(F)c(OC)c2)C1C. The van der Waals surface area contributed by atoms with Crippen molar-refractivity contribution in [2.24, 2.45) is 5.92 Å². The molecule has 0 saturated carbocycles. The van der Waals surface area contributed by atoms with Crippen LogP contribution in [0.25, 0.3) is 0 Å². The van der Waals surface area contributed by atoms with Crippen LogP contribution in [-0.4, -0.2) is 32.5 Å². The van der Waals surface area contributed by atoms with E-state index in [0.717, 1.165) is 22.5 Å². The highest BCUT2D eigenvalue weighted by atomic mass is 32.2. The maximum absolute atomic E-state index is 13.8. The predicted octanol–water partition coefficient (Wildman–Crippen LogP) is 3.28. The molecule has 0 saturated heterocycles. The zero-order valence-electron chi connectivity index (χ0n) is 15.8. The van der Waals surface area contributed by atoms with Gasteiger partial charge in [-0.05, 0) is 37.1 Å². The van der Waals surface area contributed by atoms with Gasteiger partial charge < -0.3 is 9.84 Å². The lowest BCUT2D eigenvalue weighted by atomic mass is 9.84. The van der Waals surface area contributed by atoms with Crippen LogP contribution < -0.4 is 9.04 Å². The van der Waals surface area contributed by atoms with Crippen LogP contribution in [0.4, 0.5) is 10.1 Å². The number of nitrogens with zero attached hydrogens (tertiary/aromatic N) is 1. The van der Waals surface area contributed by atoms with Gasteiger partial charge in [0.25, 0.3) is 10.0 Å². The topological polar surface area (TPSA) is 83.9 Å². The second kappa shape index (κ2) is 7.43. The Bertz CT molecular complexity index is 1020. The smallest absolute Gasteiger partial charge is 0.264 e. The Labute approximate surface area is 163 Å². The number of ether oxygens (including phenoxy) is 1. The van der Waals surface area contributed by atoms with E-state index in [1.54, 1.807) is 19.9 Å². The van der Waals surface area contributed by atoms with Crippen LogP contribution in [0.2, 0.25) is 0 Å². The fraction of sp³-hybridized carbons (Fsp3) is 0.350. The third-order valence-electron chi connectivity index (χ3n) is 5.14. The van der Waals surface area contributed by atoms with Crippen LogP contribution in [0, 0.1) is 11.7 Å². The lowest BCUT2D eigenvalue weighted by Gasteiger charge is -2.40. The average molecular weight is 407 g/mol. The van der Waals surface area contributed by atoms with Crippen molar-refractivity contribution in [3.8, 4) is 11.5 Å². The first-order valence-corrected chi connectivity index (χ1v) is 10.4. The van der Waals surface area contributed by atoms with Gasteiger partial charge in [-0.25, -0.2) is 12.8 Å². The molecule has 2 aromatic rings. The predicted molar refractivity (Wildman–Crippen MR) is 103 cm³/mol. The molecule has 1 aliphatic rings. The Kier molecular flexibility index (Phi) is 5.34. The number of carbonyl (C=O) groups excluding carboxylic acids is 1. The summed E-state index contributed by atoms with van der Waals surface area (Å²) in [4.78, 5) is 12.3. The molecule has 3 rings (SSSR count). The fourth-order valence-corrected chi connectivity index (χ4v) is 5.36. The summed E-state index contributed by atoms with van der Waals surface area (Å²) in [5, 5.41) is 9.91. The summed E-state index contributed by atoms with van der Waals surface area (Å²) in [6.45, 7) is 3.41. The molecule has 1 heterocycles. The summed E-state index contributed by atoms with van der Waals surface area (Å²) < 4.78 is 46.8. The van der Waals surface area contributed by atoms with Crippen molar-refractivity contribution >= 4 is 21.5 Å². The van der Waals surface area contributed by atoms with E-state index in [0.29, 0.717) is 24.1 Å². The number of rotatable bonds is 5. The van der Waals surface area contributed by atoms with E-state index in [1.807, 2.05) is 0 Å². The number of aromatic hydroxyl groups is 1. The van der Waals surface area contributed by atoms with Crippen molar-refractivity contribution < 1.29 is 27.4 Å². The maximum atomic E-state index is 13.8. The number of benzene rings is 2. The normalized spacial score (nSPS) is 19.2. The van der Waals surface area contributed by atoms with Gasteiger partial charge in [-0.3, -0.25) is 9.10 Å². The van der Waals surface area contributed by atoms with Crippen LogP contribution >= 0.6 is 0 Å². The third-order valence-corrected chi connectivity index (χ3v) is 7.04. The van der Waals surface area contributed by atoms with Crippen LogP contribution in [0.15, 0.2) is 41.3 Å². The number of methoxy groups -OCH3 is 1. The molecule has 0 radical (unpaired) electrons. The molecule has 0 bridgehead atoms. The van der Waals surface area contributed by atoms with Gasteiger partial charge in [-0.1, -0.05) is 13.0 Å². The number of phenols is 1. The zero-order chi connectivity index (χ0) is 20.6. The van der Waals surface area contributed by atoms with E-state index in [2.05, 4.69) is 0 Å². The zero-order valence-corrected chi connectivity index (χ0v) is 16.7. The Morgan fingerprint density at radius 1 is 1.29 bits per heavy atom. The van der Waals surface area contributed by atoms with Gasteiger partial charge >= 0.3 is 0 Å². The van der Waals surface area contributed by atoms with Gasteiger partial charge in [-0.2, -0.15) is 0 Å². The molecule has 0 amide bonds. The first kappa shape index (κ1) is 20.1. The number of Topliss-reactive ketones (excluding diaryl/α,β-unsaturated/α-hetero) is 1. The number of hydrogen-bond acceptors (Lipinski definition) is 5. The molecule has 150 valence electrons. The van der Waals surface area contributed by atoms with Crippen molar-refractivity contribution in [1.82, 2.24) is 0 Å². The first-order chi connectivity index (χ1) is 13.2. The highest BCUT2D eigenvalue weighted by Crippen LogP contribution is 2.40. The lowest BCUT2D eigenvalue weighted by Crippen LogP contribution is -2.49. The monoisotopic (exact) mass is 407 g/mol. The highest BCUT2D eigenvalue weighted by Gasteiger charge is 2.41. The summed E-state index contributed by atoms with van der Waals surface area (Å²) in [6, 6.07) is 7.10. The van der Waals surface area contributed by atoms with Gasteiger partial charge in [0.2, 0.25) is 0 Å². The second-order valence-electron chi connectivity index (χ2n) is 6.78. The van der Waals surface area contributed by atoms with Gasteiger partial charge in [0, 0.05) is 24.5 Å². The lowest BCUT2D eigenvalue weighted by molar-refractivity contribution is -0.123. The number of hydrogen-bond donors (Lipinski definition) is 1. The number of carbonyl (C=O) groups is 1. The van der Waals surface area contributed by atoms with E-state index in [9.17, 15) is 22.7 Å². The standard InChI is InChI=1S/C20H22FNO5S/c1-4-19(24)16-9-13-5-6-14(23)10-18(13)22(12(16)2)28(25,26)15-7-8-17(21)20(11-15)27-3/h5-8,10-12,16,23H,4,9H2,1-3H3. The van der Waals surface area contributed by atoms with Crippen molar-refractivity contribution in [1.29, 1.82) is 0 Å². The Morgan fingerprint density at radius 3 is 2.64 bits per heavy atom. The molecule has 2 aromatic carbocycles. The number of ketones is 1. The van der Waals surface area contributed by atoms with Crippen molar-refractivity contribution in [3.05, 3.63) is 47.8 Å². The molecule has 28 heavy (non-hydrogen) atoms. The number of fused-ring (bicyclic) bond motifs is 1. The first-order valence-electron chi connectivity index (χ1n) is 8.93. The van der Waals surface area contributed by atoms with Crippen LogP contribution in [0.3, 0.4) is 0 Å². The molecule has 8 heteroatoms. The molecule has 2 unspecified atom stereocenters. The third kappa shape index (κ3) is 3.32. The summed E-state index contributed by atoms with van der Waals surface area (Å²) >= 11 is 0. The highest BCUT2D eigenvalue weighted by molar-refractivity contribution is 7.92. The van der Waals surface area contributed by atoms with E-state index >= 15 is 0 Å². The van der Waals surface area contributed by atoms with Gasteiger partial charge in [0.05, 0.1) is 23.7 Å². The molecule has 0 aliphatic carbocycles. The van der Waals surface area contributed by atoms with Crippen molar-refractivity contribution in [2.75, 3.05) is 11.4 Å². The van der Waals surface area contributed by atoms with E-state index < -0.39 is 27.8 Å². The number of sulfonamides is 1. The minimum absolute atomic E-state index is 0.0388. The molecule has 2 atom stereocenters. The molecular formula is C20H22FNO5S. The quantitative estimate of drug-likeness (QED) is 0.822. The molecule has 1 N–H and O–H groups in total. The summed E-state index contributed by atoms with van der Waals surface area (Å²) in [5.41, 5.74) is 0.969. The van der Waals surface area contributed by atoms with E-state index in [4.69, 9.17) is 4.74 Å². The Hall–Kier alpha value is -2.61. The maximum Gasteiger partial charge on any atom is 0.264 e. The summed E-state index contributed by atoms with van der Waals surface area (Å²) in [5.74, 6) is -1.50. The fourth-order valence-electron chi connectivity index (χ4n) is 3.63. The Morgan fingerprint density at radius 2 is 2.00 bits per heavy atom. The molecule has 0 spiro atoms. The van der Waals surface area contributed by atoms with E-state index in [-0.39, 0.29) is 22.2 Å². The van der Waals surface area contributed by atoms with Crippen molar-refractivity contribution in [3.63, 3.8) is 0 Å². The van der Waals surface area contributed by atoms with Crippen molar-refractivity contribution in [2.45, 2.75) is 37.6 Å². The summed E-state index contributed by atoms with van der Waals surface area (Å²) in [6.07, 6.45) is 0.683. The largest absolute Gasteiger partial charge is 0.508 e. The minimum Gasteiger partial charge on any atom is -0.508 e. The molecule has 6 nitrogen and oxygen atoms in total. The van der Waals surface area contributed by atoms with Crippen LogP contribution in [-0.2, 0) is 21.2 Å². The number of phenolic OH excluding ortho intramolecular Hbond substituents is 1. The molecule has 0 fully saturated rings. The minimum atomic E-state index is -4.14.